The van der Waals surface area contributed by atoms with Crippen LogP contribution in [0.3, 0.4) is 0 Å². The lowest BCUT2D eigenvalue weighted by atomic mass is 9.91. The van der Waals surface area contributed by atoms with Gasteiger partial charge >= 0.3 is 11.4 Å². The predicted octanol–water partition coefficient (Wildman–Crippen LogP) is 4.25. The second-order valence-electron chi connectivity index (χ2n) is 16.2. The average Bonchev–Trinajstić information content (AvgIpc) is 3.32. The van der Waals surface area contributed by atoms with Crippen molar-refractivity contribution in [2.45, 2.75) is 49.3 Å². The Labute approximate surface area is 388 Å². The highest BCUT2D eigenvalue weighted by Crippen LogP contribution is 2.53. The lowest BCUT2D eigenvalue weighted by Crippen LogP contribution is -2.60. The molecule has 2 aliphatic rings. The number of carbonyl (C=O) groups excluding carboxylic acids is 1. The third kappa shape index (κ3) is 8.58. The third-order valence-corrected chi connectivity index (χ3v) is 11.7. The van der Waals surface area contributed by atoms with Crippen LogP contribution in [0.4, 0.5) is 0 Å². The zero-order valence-corrected chi connectivity index (χ0v) is 36.2. The number of rotatable bonds is 11. The molecule has 0 spiro atoms. The van der Waals surface area contributed by atoms with Gasteiger partial charge in [0.25, 0.3) is 0 Å². The fourth-order valence-corrected chi connectivity index (χ4v) is 8.26. The predicted molar refractivity (Wildman–Crippen MR) is 238 cm³/mol. The number of benzene rings is 5. The summed E-state index contributed by atoms with van der Waals surface area (Å²) in [7, 11) is 2.56. The van der Waals surface area contributed by atoms with Crippen LogP contribution in [-0.2, 0) is 20.7 Å². The van der Waals surface area contributed by atoms with E-state index in [1.807, 2.05) is 0 Å². The van der Waals surface area contributed by atoms with E-state index in [0.717, 1.165) is 12.1 Å². The van der Waals surface area contributed by atoms with Crippen LogP contribution in [-0.4, -0.2) is 119 Å². The van der Waals surface area contributed by atoms with E-state index in [1.165, 1.54) is 81.0 Å². The van der Waals surface area contributed by atoms with E-state index in [0.29, 0.717) is 5.56 Å². The SMILES string of the molecule is COc1cc(-c2oc3cc(=[OH+])cc4oc(-c5c(O)cc(O)c6c5O[C@H](c5ccc(O)c(O)c5)[C@@H](O)C6)cc(c2O[C@@H]2O[C@H](COC(=O)C=Cc5ccc(O)cc5)[C@@H](O)[C@H](O)[C@H]2O)c43)cc(OC)c1O. The summed E-state index contributed by atoms with van der Waals surface area (Å²) in [6.07, 6.45) is -9.44. The first kappa shape index (κ1) is 46.0. The Bertz CT molecular complexity index is 3180. The van der Waals surface area contributed by atoms with Gasteiger partial charge in [0, 0.05) is 35.1 Å². The van der Waals surface area contributed by atoms with Crippen molar-refractivity contribution in [1.82, 2.24) is 0 Å². The molecule has 7 atom stereocenters. The molecule has 2 aromatic heterocycles. The number of phenolic OH excluding ortho intramolecular Hbond substituents is 6. The molecule has 11 N–H and O–H groups in total. The molecule has 0 aliphatic carbocycles. The van der Waals surface area contributed by atoms with E-state index in [9.17, 15) is 60.7 Å². The van der Waals surface area contributed by atoms with Crippen molar-refractivity contribution in [1.29, 1.82) is 0 Å². The van der Waals surface area contributed by atoms with Crippen LogP contribution in [0, 0.1) is 0 Å². The Morgan fingerprint density at radius 3 is 2.14 bits per heavy atom. The Morgan fingerprint density at radius 1 is 0.768 bits per heavy atom. The minimum Gasteiger partial charge on any atom is -0.508 e. The molecule has 0 radical (unpaired) electrons. The van der Waals surface area contributed by atoms with Gasteiger partial charge in [-0.3, -0.25) is 4.79 Å². The summed E-state index contributed by atoms with van der Waals surface area (Å²) >= 11 is 0. The lowest BCUT2D eigenvalue weighted by molar-refractivity contribution is -0.278. The van der Waals surface area contributed by atoms with E-state index < -0.39 is 78.5 Å². The molecular formula is C49H43O20+. The van der Waals surface area contributed by atoms with E-state index >= 15 is 0 Å². The van der Waals surface area contributed by atoms with Crippen molar-refractivity contribution in [2.24, 2.45) is 0 Å². The Morgan fingerprint density at radius 2 is 1.46 bits per heavy atom. The fourth-order valence-electron chi connectivity index (χ4n) is 8.26. The number of aliphatic hydroxyl groups is 4. The molecule has 20 heteroatoms. The quantitative estimate of drug-likeness (QED) is 0.0375. The van der Waals surface area contributed by atoms with E-state index in [1.54, 1.807) is 12.1 Å². The van der Waals surface area contributed by atoms with Gasteiger partial charge in [-0.2, -0.15) is 0 Å². The number of hydrogen-bond donors (Lipinski definition) is 10. The van der Waals surface area contributed by atoms with Crippen LogP contribution in [0.25, 0.3) is 50.7 Å². The Balaban J connectivity index is 1.20. The first-order valence-corrected chi connectivity index (χ1v) is 21.0. The maximum Gasteiger partial charge on any atom is 0.347 e. The smallest absolute Gasteiger partial charge is 0.347 e. The topological polar surface area (TPSA) is 322 Å². The molecular weight excluding hydrogens is 909 g/mol. The normalized spacial score (nSPS) is 21.2. The van der Waals surface area contributed by atoms with Gasteiger partial charge in [0.05, 0.1) is 37.8 Å². The minimum absolute atomic E-state index is 0.0202. The summed E-state index contributed by atoms with van der Waals surface area (Å²) in [5.74, 6) is -4.28. The summed E-state index contributed by atoms with van der Waals surface area (Å²) in [6, 6.07) is 17.2. The second-order valence-corrected chi connectivity index (χ2v) is 16.2. The number of ether oxygens (including phenoxy) is 6. The van der Waals surface area contributed by atoms with Crippen LogP contribution in [0.5, 0.6) is 57.5 Å². The first-order valence-electron chi connectivity index (χ1n) is 21.0. The monoisotopic (exact) mass is 951 g/mol. The molecule has 0 bridgehead atoms. The zero-order chi connectivity index (χ0) is 49.0. The number of fused-ring (bicyclic) bond motifs is 1. The fraction of sp³-hybridized carbons (Fsp3) is 0.224. The Hall–Kier alpha value is -8.14. The molecule has 9 rings (SSSR count). The molecule has 1 saturated heterocycles. The molecule has 4 heterocycles. The van der Waals surface area contributed by atoms with Gasteiger partial charge in [-0.25, -0.2) is 4.79 Å². The highest BCUT2D eigenvalue weighted by molar-refractivity contribution is 6.10. The van der Waals surface area contributed by atoms with Crippen LogP contribution < -0.4 is 24.4 Å². The second kappa shape index (κ2) is 18.2. The number of carbonyl (C=O) groups is 1. The van der Waals surface area contributed by atoms with E-state index in [4.69, 9.17) is 37.3 Å². The summed E-state index contributed by atoms with van der Waals surface area (Å²) in [5, 5.41) is 108. The van der Waals surface area contributed by atoms with Crippen molar-refractivity contribution in [3.63, 3.8) is 0 Å². The number of methoxy groups -OCH3 is 2. The molecule has 69 heavy (non-hydrogen) atoms. The summed E-state index contributed by atoms with van der Waals surface area (Å²) < 4.78 is 47.7. The van der Waals surface area contributed by atoms with Crippen molar-refractivity contribution < 1.29 is 97.9 Å². The molecule has 20 nitrogen and oxygen atoms in total. The molecule has 358 valence electrons. The van der Waals surface area contributed by atoms with Crippen LogP contribution in [0.2, 0.25) is 0 Å². The molecule has 2 aliphatic heterocycles. The number of hydrogen-bond acceptors (Lipinski definition) is 19. The lowest BCUT2D eigenvalue weighted by Gasteiger charge is -2.40. The molecule has 0 unspecified atom stereocenters. The van der Waals surface area contributed by atoms with Crippen molar-refractivity contribution in [3.8, 4) is 80.1 Å². The third-order valence-electron chi connectivity index (χ3n) is 11.7. The van der Waals surface area contributed by atoms with Crippen LogP contribution >= 0.6 is 0 Å². The molecule has 0 saturated carbocycles. The van der Waals surface area contributed by atoms with Gasteiger partial charge in [0.15, 0.2) is 34.5 Å². The van der Waals surface area contributed by atoms with E-state index in [2.05, 4.69) is 0 Å². The van der Waals surface area contributed by atoms with Gasteiger partial charge < -0.3 is 88.3 Å². The molecule has 5 aromatic carbocycles. The van der Waals surface area contributed by atoms with Crippen molar-refractivity contribution >= 4 is 34.0 Å². The van der Waals surface area contributed by atoms with Crippen molar-refractivity contribution in [2.75, 3.05) is 20.8 Å². The summed E-state index contributed by atoms with van der Waals surface area (Å²) in [5.41, 5.74) is 0.245. The van der Waals surface area contributed by atoms with Gasteiger partial charge in [0.1, 0.15) is 82.6 Å². The highest BCUT2D eigenvalue weighted by Gasteiger charge is 2.46. The minimum atomic E-state index is -1.99. The standard InChI is InChI=1S/C49H42O20/c1-62-35-12-22(13-36(63-2)41(35)58)46-48(69-49-44(61)43(60)42(59)37(67-49)19-64-38(57)10-5-20-3-7-23(50)8-4-20)26-17-34(65-32-14-24(51)15-33(66-46)39(26)32)40-30(55)18-28(53)25-16-31(56)45(68-47(25)40)21-6-9-27(52)29(54)11-21/h3-15,17-18,31,37,42-45,49-50,52-56,58-61H,16,19H2,1-2H3/p+1/t31-,37+,42+,43-,44+,45+,49-/m0/s1. The van der Waals surface area contributed by atoms with Gasteiger partial charge in [-0.15, -0.1) is 0 Å². The van der Waals surface area contributed by atoms with Crippen LogP contribution in [0.15, 0.2) is 93.8 Å². The largest absolute Gasteiger partial charge is 0.508 e. The molecule has 0 amide bonds. The van der Waals surface area contributed by atoms with E-state index in [-0.39, 0.29) is 102 Å². The molecule has 1 fully saturated rings. The van der Waals surface area contributed by atoms with Gasteiger partial charge in [0.2, 0.25) is 12.0 Å². The first-order chi connectivity index (χ1) is 33.0. The average molecular weight is 952 g/mol. The van der Waals surface area contributed by atoms with Crippen LogP contribution in [0.1, 0.15) is 22.8 Å². The zero-order valence-electron chi connectivity index (χ0n) is 36.2. The maximum atomic E-state index is 12.8. The molecule has 7 aromatic rings. The maximum absolute atomic E-state index is 12.8. The summed E-state index contributed by atoms with van der Waals surface area (Å²) in [6.45, 7) is -0.649. The van der Waals surface area contributed by atoms with Gasteiger partial charge in [-0.1, -0.05) is 18.2 Å². The number of aliphatic hydroxyl groups excluding tert-OH is 4. The van der Waals surface area contributed by atoms with Crippen molar-refractivity contribution in [3.05, 3.63) is 107 Å². The number of phenols is 6. The number of esters is 1. The number of aromatic hydroxyl groups is 6. The highest BCUT2D eigenvalue weighted by atomic mass is 16.7. The Kier molecular flexibility index (Phi) is 12.1. The summed E-state index contributed by atoms with van der Waals surface area (Å²) in [4.78, 5) is 23.8. The van der Waals surface area contributed by atoms with Gasteiger partial charge in [-0.05, 0) is 59.7 Å².